The molecule has 0 spiro atoms. The molecule has 0 aliphatic carbocycles. The Morgan fingerprint density at radius 3 is 2.53 bits per heavy atom. The second-order valence-corrected chi connectivity index (χ2v) is 10.5. The maximum Gasteiger partial charge on any atom is 0.157 e. The third-order valence-electron chi connectivity index (χ3n) is 7.37. The average molecular weight is 539 g/mol. The van der Waals surface area contributed by atoms with E-state index in [1.807, 2.05) is 36.4 Å². The summed E-state index contributed by atoms with van der Waals surface area (Å²) >= 11 is 6.84. The van der Waals surface area contributed by atoms with E-state index in [1.165, 1.54) is 17.7 Å². The van der Waals surface area contributed by atoms with Gasteiger partial charge in [0.05, 0.1) is 23.4 Å². The lowest BCUT2D eigenvalue weighted by Gasteiger charge is -2.47. The highest BCUT2D eigenvalue weighted by atomic mass is 35.5. The van der Waals surface area contributed by atoms with Crippen molar-refractivity contribution in [2.75, 3.05) is 37.8 Å². The summed E-state index contributed by atoms with van der Waals surface area (Å²) in [5.41, 5.74) is 3.30. The van der Waals surface area contributed by atoms with E-state index in [-0.39, 0.29) is 18.1 Å². The van der Waals surface area contributed by atoms with E-state index in [9.17, 15) is 4.39 Å². The van der Waals surface area contributed by atoms with Crippen LogP contribution in [0, 0.1) is 5.82 Å². The summed E-state index contributed by atoms with van der Waals surface area (Å²) in [6.07, 6.45) is 3.06. The van der Waals surface area contributed by atoms with Crippen molar-refractivity contribution < 1.29 is 18.6 Å². The summed E-state index contributed by atoms with van der Waals surface area (Å²) < 4.78 is 31.1. The molecule has 5 rings (SSSR count). The monoisotopic (exact) mass is 538 g/mol. The molecular formula is C31H36ClFN2O3. The molecule has 5 nitrogen and oxygen atoms in total. The minimum absolute atomic E-state index is 0.0312. The minimum atomic E-state index is -0.232. The Hall–Kier alpha value is -2.64. The van der Waals surface area contributed by atoms with Gasteiger partial charge in [0.25, 0.3) is 0 Å². The highest BCUT2D eigenvalue weighted by Crippen LogP contribution is 2.38. The highest BCUT2D eigenvalue weighted by molar-refractivity contribution is 6.33. The molecule has 202 valence electrons. The number of anilines is 1. The van der Waals surface area contributed by atoms with E-state index < -0.39 is 0 Å². The van der Waals surface area contributed by atoms with E-state index in [2.05, 4.69) is 41.0 Å². The van der Waals surface area contributed by atoms with Gasteiger partial charge in [0, 0.05) is 38.3 Å². The first-order chi connectivity index (χ1) is 18.6. The van der Waals surface area contributed by atoms with Crippen molar-refractivity contribution in [3.8, 4) is 5.75 Å². The zero-order valence-electron chi connectivity index (χ0n) is 21.9. The predicted octanol–water partition coefficient (Wildman–Crippen LogP) is 6.85. The largest absolute Gasteiger partial charge is 0.491 e. The molecule has 2 fully saturated rings. The van der Waals surface area contributed by atoms with Crippen LogP contribution in [-0.2, 0) is 16.0 Å². The van der Waals surface area contributed by atoms with Crippen LogP contribution < -0.4 is 9.64 Å². The first kappa shape index (κ1) is 26.9. The number of hydrogen-bond donors (Lipinski definition) is 0. The van der Waals surface area contributed by atoms with Crippen molar-refractivity contribution in [1.82, 2.24) is 4.90 Å². The molecule has 0 aromatic heterocycles. The Balaban J connectivity index is 1.29. The molecular weight excluding hydrogens is 503 g/mol. The van der Waals surface area contributed by atoms with Gasteiger partial charge in [0.2, 0.25) is 0 Å². The van der Waals surface area contributed by atoms with Crippen LogP contribution in [0.25, 0.3) is 0 Å². The zero-order valence-corrected chi connectivity index (χ0v) is 22.7. The summed E-state index contributed by atoms with van der Waals surface area (Å²) in [7, 11) is 0. The number of ether oxygens (including phenoxy) is 3. The lowest BCUT2D eigenvalue weighted by Crippen LogP contribution is -2.53. The molecule has 2 saturated heterocycles. The normalized spacial score (nSPS) is 22.4. The van der Waals surface area contributed by atoms with Crippen LogP contribution in [0.1, 0.15) is 43.4 Å². The van der Waals surface area contributed by atoms with Crippen LogP contribution in [0.4, 0.5) is 10.1 Å². The smallest absolute Gasteiger partial charge is 0.157 e. The second-order valence-electron chi connectivity index (χ2n) is 10.1. The van der Waals surface area contributed by atoms with Gasteiger partial charge in [-0.15, -0.1) is 0 Å². The number of hydrogen-bond acceptors (Lipinski definition) is 5. The number of benzene rings is 3. The predicted molar refractivity (Wildman–Crippen MR) is 149 cm³/mol. The van der Waals surface area contributed by atoms with Crippen LogP contribution in [0.5, 0.6) is 5.75 Å². The number of piperazine rings is 1. The van der Waals surface area contributed by atoms with Crippen molar-refractivity contribution in [3.05, 3.63) is 94.8 Å². The van der Waals surface area contributed by atoms with Gasteiger partial charge in [-0.1, -0.05) is 54.1 Å². The lowest BCUT2D eigenvalue weighted by atomic mass is 9.98. The maximum atomic E-state index is 13.8. The summed E-state index contributed by atoms with van der Waals surface area (Å²) in [6, 6.07) is 23.5. The standard InChI is InChI=1S/C31H36ClFN2O3/c1-23-20-35(29-15-14-27(19-28(29)32)36-17-18-38-31-9-5-6-16-37-31)30(25-10-12-26(33)13-11-25)22-34(23)21-24-7-3-2-4-8-24/h2-4,7-8,10-15,19,23,30-31H,5-6,9,16-18,20-22H2,1H3/t23?,30-,31?/m0/s1. The van der Waals surface area contributed by atoms with E-state index in [1.54, 1.807) is 0 Å². The van der Waals surface area contributed by atoms with Gasteiger partial charge in [-0.05, 0) is 61.6 Å². The average Bonchev–Trinajstić information content (AvgIpc) is 2.94. The molecule has 0 N–H and O–H groups in total. The maximum absolute atomic E-state index is 13.8. The van der Waals surface area contributed by atoms with Crippen molar-refractivity contribution in [1.29, 1.82) is 0 Å². The van der Waals surface area contributed by atoms with Crippen LogP contribution >= 0.6 is 11.6 Å². The SMILES string of the molecule is CC1CN(c2ccc(OCCOC3CCCCO3)cc2Cl)[C@H](c2ccc(F)cc2)CN1Cc1ccccc1. The topological polar surface area (TPSA) is 34.2 Å². The van der Waals surface area contributed by atoms with Crippen LogP contribution in [0.15, 0.2) is 72.8 Å². The molecule has 0 radical (unpaired) electrons. The first-order valence-corrected chi connectivity index (χ1v) is 13.9. The lowest BCUT2D eigenvalue weighted by molar-refractivity contribution is -0.165. The first-order valence-electron chi connectivity index (χ1n) is 13.5. The van der Waals surface area contributed by atoms with Gasteiger partial charge in [0.15, 0.2) is 6.29 Å². The summed E-state index contributed by atoms with van der Waals surface area (Å²) in [6.45, 7) is 6.38. The quantitative estimate of drug-likeness (QED) is 0.278. The summed E-state index contributed by atoms with van der Waals surface area (Å²) in [5, 5.41) is 0.634. The van der Waals surface area contributed by atoms with E-state index >= 15 is 0 Å². The van der Waals surface area contributed by atoms with E-state index in [4.69, 9.17) is 25.8 Å². The number of nitrogens with zero attached hydrogens (tertiary/aromatic N) is 2. The number of halogens is 2. The molecule has 2 unspecified atom stereocenters. The van der Waals surface area contributed by atoms with Crippen LogP contribution in [0.3, 0.4) is 0 Å². The fraction of sp³-hybridized carbons (Fsp3) is 0.419. The molecule has 2 aliphatic heterocycles. The molecule has 3 aromatic rings. The minimum Gasteiger partial charge on any atom is -0.491 e. The van der Waals surface area contributed by atoms with Gasteiger partial charge in [-0.3, -0.25) is 4.90 Å². The zero-order chi connectivity index (χ0) is 26.3. The molecule has 2 heterocycles. The number of rotatable bonds is 9. The Kier molecular flexibility index (Phi) is 9.18. The van der Waals surface area contributed by atoms with Crippen LogP contribution in [0.2, 0.25) is 5.02 Å². The van der Waals surface area contributed by atoms with Gasteiger partial charge >= 0.3 is 0 Å². The molecule has 2 aliphatic rings. The molecule has 0 bridgehead atoms. The Bertz CT molecular complexity index is 1160. The third-order valence-corrected chi connectivity index (χ3v) is 7.68. The van der Waals surface area contributed by atoms with Crippen LogP contribution in [-0.4, -0.2) is 50.1 Å². The molecule has 3 atom stereocenters. The van der Waals surface area contributed by atoms with Gasteiger partial charge < -0.3 is 19.1 Å². The fourth-order valence-electron chi connectivity index (χ4n) is 5.29. The van der Waals surface area contributed by atoms with Gasteiger partial charge in [-0.25, -0.2) is 4.39 Å². The molecule has 3 aromatic carbocycles. The fourth-order valence-corrected chi connectivity index (χ4v) is 5.57. The molecule has 7 heteroatoms. The van der Waals surface area contributed by atoms with E-state index in [0.29, 0.717) is 30.0 Å². The second kappa shape index (κ2) is 12.9. The highest BCUT2D eigenvalue weighted by Gasteiger charge is 2.33. The van der Waals surface area contributed by atoms with Crippen molar-refractivity contribution in [2.45, 2.75) is 51.1 Å². The summed E-state index contributed by atoms with van der Waals surface area (Å²) in [5.74, 6) is 0.477. The van der Waals surface area contributed by atoms with Crippen molar-refractivity contribution in [2.24, 2.45) is 0 Å². The summed E-state index contributed by atoms with van der Waals surface area (Å²) in [4.78, 5) is 4.83. The Morgan fingerprint density at radius 2 is 1.79 bits per heavy atom. The Labute approximate surface area is 230 Å². The molecule has 0 amide bonds. The molecule has 0 saturated carbocycles. The van der Waals surface area contributed by atoms with E-state index in [0.717, 1.165) is 56.8 Å². The van der Waals surface area contributed by atoms with Crippen molar-refractivity contribution in [3.63, 3.8) is 0 Å². The van der Waals surface area contributed by atoms with Crippen molar-refractivity contribution >= 4 is 17.3 Å². The Morgan fingerprint density at radius 1 is 0.974 bits per heavy atom. The molecule has 38 heavy (non-hydrogen) atoms. The van der Waals surface area contributed by atoms with Gasteiger partial charge in [0.1, 0.15) is 18.2 Å². The van der Waals surface area contributed by atoms with Gasteiger partial charge in [-0.2, -0.15) is 0 Å². The third kappa shape index (κ3) is 6.86.